The van der Waals surface area contributed by atoms with Crippen molar-refractivity contribution in [2.24, 2.45) is 0 Å². The van der Waals surface area contributed by atoms with Crippen molar-refractivity contribution < 1.29 is 0 Å². The van der Waals surface area contributed by atoms with Gasteiger partial charge in [-0.15, -0.1) is 0 Å². The number of aromatic nitrogens is 5. The maximum absolute atomic E-state index is 10.6. The Kier molecular flexibility index (Phi) is 11.2. The van der Waals surface area contributed by atoms with Crippen LogP contribution in [0.1, 0.15) is 16.7 Å². The molecule has 0 aliphatic carbocycles. The van der Waals surface area contributed by atoms with Crippen molar-refractivity contribution in [2.75, 3.05) is 0 Å². The Labute approximate surface area is 452 Å². The van der Waals surface area contributed by atoms with Gasteiger partial charge in [0.05, 0.1) is 39.4 Å². The van der Waals surface area contributed by atoms with Gasteiger partial charge in [0, 0.05) is 49.5 Å². The molecular weight excluding hydrogens is 949 g/mol. The predicted octanol–water partition coefficient (Wildman–Crippen LogP) is 18.2. The molecule has 78 heavy (non-hydrogen) atoms. The molecular formula is C72H48N6. The van der Waals surface area contributed by atoms with Gasteiger partial charge in [-0.05, 0) is 137 Å². The zero-order chi connectivity index (χ0) is 52.3. The molecule has 0 N–H and O–H groups in total. The minimum atomic E-state index is 0.535. The first-order valence-electron chi connectivity index (χ1n) is 26.3. The van der Waals surface area contributed by atoms with Crippen LogP contribution in [0.25, 0.3) is 134 Å². The number of benzene rings is 11. The molecule has 0 radical (unpaired) electrons. The van der Waals surface area contributed by atoms with Gasteiger partial charge < -0.3 is 9.13 Å². The summed E-state index contributed by atoms with van der Waals surface area (Å²) in [7, 11) is 0. The van der Waals surface area contributed by atoms with E-state index in [9.17, 15) is 5.26 Å². The fraction of sp³-hybridized carbons (Fsp3) is 0.0278. The fourth-order valence-corrected chi connectivity index (χ4v) is 11.6. The number of para-hydroxylation sites is 2. The van der Waals surface area contributed by atoms with Crippen molar-refractivity contribution in [3.63, 3.8) is 0 Å². The Hall–Kier alpha value is -10.5. The van der Waals surface area contributed by atoms with Crippen molar-refractivity contribution in [1.29, 1.82) is 5.26 Å². The van der Waals surface area contributed by atoms with E-state index in [-0.39, 0.29) is 0 Å². The van der Waals surface area contributed by atoms with Crippen molar-refractivity contribution >= 4 is 43.6 Å². The quantitative estimate of drug-likeness (QED) is 0.144. The van der Waals surface area contributed by atoms with E-state index >= 15 is 0 Å². The van der Waals surface area contributed by atoms with E-state index in [1.807, 2.05) is 84.9 Å². The van der Waals surface area contributed by atoms with Crippen LogP contribution in [0.2, 0.25) is 0 Å². The van der Waals surface area contributed by atoms with E-state index in [0.717, 1.165) is 94.1 Å². The van der Waals surface area contributed by atoms with Crippen LogP contribution in [0, 0.1) is 25.2 Å². The topological polar surface area (TPSA) is 72.3 Å². The molecule has 6 heteroatoms. The highest BCUT2D eigenvalue weighted by atomic mass is 15.0. The lowest BCUT2D eigenvalue weighted by Crippen LogP contribution is -2.04. The third-order valence-electron chi connectivity index (χ3n) is 15.3. The Bertz CT molecular complexity index is 4650. The lowest BCUT2D eigenvalue weighted by molar-refractivity contribution is 1.07. The zero-order valence-electron chi connectivity index (χ0n) is 42.9. The van der Waals surface area contributed by atoms with Crippen LogP contribution in [-0.2, 0) is 0 Å². The van der Waals surface area contributed by atoms with E-state index in [0.29, 0.717) is 23.0 Å². The van der Waals surface area contributed by atoms with Crippen LogP contribution >= 0.6 is 0 Å². The second-order valence-corrected chi connectivity index (χ2v) is 20.0. The molecule has 11 aromatic carbocycles. The number of aryl methyl sites for hydroxylation is 2. The second kappa shape index (κ2) is 19.0. The van der Waals surface area contributed by atoms with Gasteiger partial charge in [0.2, 0.25) is 0 Å². The third kappa shape index (κ3) is 7.84. The van der Waals surface area contributed by atoms with Crippen LogP contribution in [0.5, 0.6) is 0 Å². The molecule has 3 heterocycles. The van der Waals surface area contributed by atoms with Gasteiger partial charge >= 0.3 is 0 Å². The Morgan fingerprint density at radius 2 is 0.769 bits per heavy atom. The summed E-state index contributed by atoms with van der Waals surface area (Å²) in [6, 6.07) is 92.2. The molecule has 0 unspecified atom stereocenters. The van der Waals surface area contributed by atoms with Gasteiger partial charge in [0.25, 0.3) is 0 Å². The average molecular weight is 997 g/mol. The molecule has 0 spiro atoms. The van der Waals surface area contributed by atoms with Crippen LogP contribution in [0.3, 0.4) is 0 Å². The molecule has 0 aliphatic rings. The summed E-state index contributed by atoms with van der Waals surface area (Å²) < 4.78 is 4.80. The van der Waals surface area contributed by atoms with Crippen LogP contribution in [-0.4, -0.2) is 24.1 Å². The van der Waals surface area contributed by atoms with Crippen LogP contribution in [0.15, 0.2) is 255 Å². The zero-order valence-corrected chi connectivity index (χ0v) is 42.9. The van der Waals surface area contributed by atoms with Gasteiger partial charge in [-0.25, -0.2) is 15.0 Å². The SMILES string of the molecule is Cc1ccccc1-c1ccc2c(c1)c1ccccc1n2-c1ccc(-c2nc(-c3ccccc3)nc(-c3ccccc3)n2)c(-c2cc(-c3ccccc3C#N)ccc2-n2c3ccccc3c3cc(-c4ccccc4C)ccc32)c1. The molecule has 0 aliphatic heterocycles. The summed E-state index contributed by atoms with van der Waals surface area (Å²) >= 11 is 0. The van der Waals surface area contributed by atoms with E-state index in [2.05, 4.69) is 199 Å². The maximum atomic E-state index is 10.6. The Balaban J connectivity index is 1.09. The van der Waals surface area contributed by atoms with Crippen molar-refractivity contribution in [3.05, 3.63) is 271 Å². The number of nitrogens with zero attached hydrogens (tertiary/aromatic N) is 6. The van der Waals surface area contributed by atoms with E-state index < -0.39 is 0 Å². The van der Waals surface area contributed by atoms with Crippen molar-refractivity contribution in [1.82, 2.24) is 24.1 Å². The maximum Gasteiger partial charge on any atom is 0.164 e. The highest BCUT2D eigenvalue weighted by Crippen LogP contribution is 2.45. The third-order valence-corrected chi connectivity index (χ3v) is 15.3. The molecule has 6 nitrogen and oxygen atoms in total. The first-order valence-corrected chi connectivity index (χ1v) is 26.3. The molecule has 14 rings (SSSR count). The standard InChI is InChI=1S/C72H48N6/c1-46-19-9-12-26-55(46)50-33-38-67-62(41-50)58-29-15-17-31-65(58)77(67)54-36-37-60(72-75-70(48-21-5-3-6-22-48)74-71(76-72)49-23-7-4-8-24-49)61(44-54)64-43-52(57-28-14-11-25-53(57)45-73)35-40-69(64)78-66-32-18-16-30-59(66)63-42-51(34-39-68(63)78)56-27-13-10-20-47(56)2/h3-44H,1-2H3. The number of rotatable bonds is 9. The number of hydrogen-bond acceptors (Lipinski definition) is 4. The number of fused-ring (bicyclic) bond motifs is 6. The first-order chi connectivity index (χ1) is 38.5. The van der Waals surface area contributed by atoms with Gasteiger partial charge in [0.1, 0.15) is 0 Å². The van der Waals surface area contributed by atoms with Crippen molar-refractivity contribution in [3.8, 4) is 96.1 Å². The summed E-state index contributed by atoms with van der Waals surface area (Å²) in [6.07, 6.45) is 0. The Morgan fingerprint density at radius 3 is 1.36 bits per heavy atom. The number of hydrogen-bond donors (Lipinski definition) is 0. The molecule has 14 aromatic rings. The summed E-state index contributed by atoms with van der Waals surface area (Å²) in [5.74, 6) is 1.68. The molecule has 0 bridgehead atoms. The lowest BCUT2D eigenvalue weighted by atomic mass is 9.91. The largest absolute Gasteiger partial charge is 0.309 e. The predicted molar refractivity (Wildman–Crippen MR) is 321 cm³/mol. The summed E-state index contributed by atoms with van der Waals surface area (Å²) in [5.41, 5.74) is 20.3. The smallest absolute Gasteiger partial charge is 0.164 e. The number of nitriles is 1. The summed E-state index contributed by atoms with van der Waals surface area (Å²) in [6.45, 7) is 4.35. The minimum Gasteiger partial charge on any atom is -0.309 e. The van der Waals surface area contributed by atoms with Crippen molar-refractivity contribution in [2.45, 2.75) is 13.8 Å². The lowest BCUT2D eigenvalue weighted by Gasteiger charge is -2.20. The summed E-state index contributed by atoms with van der Waals surface area (Å²) in [5, 5.41) is 15.2. The first kappa shape index (κ1) is 46.1. The highest BCUT2D eigenvalue weighted by molar-refractivity contribution is 6.12. The second-order valence-electron chi connectivity index (χ2n) is 20.0. The molecule has 0 fully saturated rings. The van der Waals surface area contributed by atoms with Gasteiger partial charge in [-0.3, -0.25) is 0 Å². The molecule has 366 valence electrons. The Morgan fingerprint density at radius 1 is 0.308 bits per heavy atom. The van der Waals surface area contributed by atoms with E-state index in [4.69, 9.17) is 15.0 Å². The molecule has 0 saturated carbocycles. The molecule has 0 saturated heterocycles. The molecule has 0 atom stereocenters. The monoisotopic (exact) mass is 996 g/mol. The molecule has 0 amide bonds. The van der Waals surface area contributed by atoms with Crippen LogP contribution < -0.4 is 0 Å². The van der Waals surface area contributed by atoms with Gasteiger partial charge in [-0.2, -0.15) is 5.26 Å². The highest BCUT2D eigenvalue weighted by Gasteiger charge is 2.24. The summed E-state index contributed by atoms with van der Waals surface area (Å²) in [4.78, 5) is 15.9. The van der Waals surface area contributed by atoms with Gasteiger partial charge in [0.15, 0.2) is 17.5 Å². The van der Waals surface area contributed by atoms with Gasteiger partial charge in [-0.1, -0.05) is 182 Å². The average Bonchev–Trinajstić information content (AvgIpc) is 4.18. The molecule has 3 aromatic heterocycles. The van der Waals surface area contributed by atoms with E-state index in [1.54, 1.807) is 0 Å². The van der Waals surface area contributed by atoms with Crippen LogP contribution in [0.4, 0.5) is 0 Å². The fourth-order valence-electron chi connectivity index (χ4n) is 11.6. The normalized spacial score (nSPS) is 11.4. The van der Waals surface area contributed by atoms with E-state index in [1.165, 1.54) is 33.2 Å². The minimum absolute atomic E-state index is 0.535.